The Kier molecular flexibility index (Phi) is 5.39. The van der Waals surface area contributed by atoms with Gasteiger partial charge in [-0.25, -0.2) is 0 Å². The monoisotopic (exact) mass is 268 g/mol. The van der Waals surface area contributed by atoms with E-state index in [9.17, 15) is 9.59 Å². The van der Waals surface area contributed by atoms with Crippen molar-refractivity contribution in [3.8, 4) is 0 Å². The minimum Gasteiger partial charge on any atom is -0.343 e. The second-order valence-electron chi connectivity index (χ2n) is 6.66. The Bertz CT molecular complexity index is 329. The molecule has 0 radical (unpaired) electrons. The van der Waals surface area contributed by atoms with Crippen LogP contribution in [0, 0.1) is 23.7 Å². The van der Waals surface area contributed by atoms with Gasteiger partial charge in [-0.15, -0.1) is 0 Å². The lowest BCUT2D eigenvalue weighted by atomic mass is 9.84. The topological polar surface area (TPSA) is 49.4 Å². The molecular weight excluding hydrogens is 240 g/mol. The maximum absolute atomic E-state index is 12.4. The molecule has 1 atom stereocenters. The van der Waals surface area contributed by atoms with Gasteiger partial charge in [-0.1, -0.05) is 41.5 Å². The first kappa shape index (κ1) is 16.0. The first-order valence-corrected chi connectivity index (χ1v) is 7.32. The van der Waals surface area contributed by atoms with Crippen molar-refractivity contribution in [3.05, 3.63) is 0 Å². The fraction of sp³-hybridized carbons (Fsp3) is 0.867. The van der Waals surface area contributed by atoms with Crippen LogP contribution in [0.5, 0.6) is 0 Å². The molecule has 0 spiro atoms. The highest BCUT2D eigenvalue weighted by molar-refractivity contribution is 5.94. The predicted molar refractivity (Wildman–Crippen MR) is 76.5 cm³/mol. The van der Waals surface area contributed by atoms with E-state index in [-0.39, 0.29) is 30.3 Å². The van der Waals surface area contributed by atoms with Crippen molar-refractivity contribution in [2.45, 2.75) is 47.6 Å². The van der Waals surface area contributed by atoms with E-state index in [0.717, 1.165) is 0 Å². The zero-order chi connectivity index (χ0) is 14.7. The zero-order valence-corrected chi connectivity index (χ0v) is 13.1. The molecule has 1 unspecified atom stereocenters. The summed E-state index contributed by atoms with van der Waals surface area (Å²) in [5, 5.41) is 2.80. The normalized spacial score (nSPS) is 20.9. The van der Waals surface area contributed by atoms with Gasteiger partial charge in [0.1, 0.15) is 6.04 Å². The van der Waals surface area contributed by atoms with Crippen molar-refractivity contribution in [1.82, 2.24) is 10.2 Å². The van der Waals surface area contributed by atoms with Gasteiger partial charge in [0.25, 0.3) is 0 Å². The molecule has 2 amide bonds. The summed E-state index contributed by atoms with van der Waals surface area (Å²) < 4.78 is 0. The molecule has 1 fully saturated rings. The Morgan fingerprint density at radius 2 is 1.63 bits per heavy atom. The van der Waals surface area contributed by atoms with E-state index in [1.165, 1.54) is 0 Å². The number of hydrogen-bond acceptors (Lipinski definition) is 2. The van der Waals surface area contributed by atoms with E-state index in [1.807, 2.05) is 13.8 Å². The number of carbonyl (C=O) groups is 2. The van der Waals surface area contributed by atoms with Gasteiger partial charge in [-0.2, -0.15) is 0 Å². The summed E-state index contributed by atoms with van der Waals surface area (Å²) in [6, 6.07) is -0.360. The lowest BCUT2D eigenvalue weighted by molar-refractivity contribution is -0.146. The summed E-state index contributed by atoms with van der Waals surface area (Å²) in [6.45, 7) is 13.5. The van der Waals surface area contributed by atoms with Crippen LogP contribution >= 0.6 is 0 Å². The van der Waals surface area contributed by atoms with Crippen LogP contribution in [0.3, 0.4) is 0 Å². The first-order valence-electron chi connectivity index (χ1n) is 7.32. The highest BCUT2D eigenvalue weighted by Gasteiger charge is 2.36. The van der Waals surface area contributed by atoms with Crippen molar-refractivity contribution < 1.29 is 9.59 Å². The van der Waals surface area contributed by atoms with E-state index >= 15 is 0 Å². The Balaban J connectivity index is 2.80. The molecule has 0 aromatic carbocycles. The van der Waals surface area contributed by atoms with Crippen LogP contribution in [0.25, 0.3) is 0 Å². The molecular formula is C15H28N2O2. The molecule has 0 aliphatic carbocycles. The van der Waals surface area contributed by atoms with Crippen LogP contribution in [0.15, 0.2) is 0 Å². The highest BCUT2D eigenvalue weighted by Crippen LogP contribution is 2.23. The van der Waals surface area contributed by atoms with Crippen LogP contribution in [-0.2, 0) is 9.59 Å². The average Bonchev–Trinajstić information content (AvgIpc) is 2.28. The number of nitrogens with one attached hydrogen (secondary N) is 1. The maximum atomic E-state index is 12.4. The van der Waals surface area contributed by atoms with Gasteiger partial charge in [-0.05, 0) is 23.7 Å². The molecule has 0 bridgehead atoms. The average molecular weight is 268 g/mol. The summed E-state index contributed by atoms with van der Waals surface area (Å²) in [7, 11) is 0. The Hall–Kier alpha value is -1.06. The third kappa shape index (κ3) is 3.95. The van der Waals surface area contributed by atoms with Gasteiger partial charge < -0.3 is 10.2 Å². The van der Waals surface area contributed by atoms with Crippen LogP contribution in [0.1, 0.15) is 41.5 Å². The lowest BCUT2D eigenvalue weighted by Crippen LogP contribution is -2.60. The Morgan fingerprint density at radius 3 is 2.05 bits per heavy atom. The molecule has 1 heterocycles. The largest absolute Gasteiger partial charge is 0.343 e. The number of piperazine rings is 1. The summed E-state index contributed by atoms with van der Waals surface area (Å²) in [4.78, 5) is 25.9. The van der Waals surface area contributed by atoms with Crippen molar-refractivity contribution >= 4 is 11.8 Å². The molecule has 1 saturated heterocycles. The minimum atomic E-state index is -0.360. The van der Waals surface area contributed by atoms with Crippen LogP contribution in [0.4, 0.5) is 0 Å². The fourth-order valence-corrected chi connectivity index (χ4v) is 2.78. The SMILES string of the molecule is CC(C)C1NC(=O)CN(CC(C(C)C)C(C)C)C1=O. The Morgan fingerprint density at radius 1 is 1.11 bits per heavy atom. The third-order valence-electron chi connectivity index (χ3n) is 4.04. The molecule has 110 valence electrons. The zero-order valence-electron chi connectivity index (χ0n) is 13.1. The number of rotatable bonds is 5. The van der Waals surface area contributed by atoms with E-state index in [2.05, 4.69) is 33.0 Å². The molecule has 0 aromatic heterocycles. The van der Waals surface area contributed by atoms with E-state index < -0.39 is 0 Å². The summed E-state index contributed by atoms with van der Waals surface area (Å²) in [6.07, 6.45) is 0. The van der Waals surface area contributed by atoms with Gasteiger partial charge >= 0.3 is 0 Å². The standard InChI is InChI=1S/C15H28N2O2/c1-9(2)12(10(3)4)7-17-8-13(18)16-14(11(5)6)15(17)19/h9-12,14H,7-8H2,1-6H3,(H,16,18). The van der Waals surface area contributed by atoms with Gasteiger partial charge in [0.2, 0.25) is 11.8 Å². The fourth-order valence-electron chi connectivity index (χ4n) is 2.78. The van der Waals surface area contributed by atoms with E-state index in [0.29, 0.717) is 24.3 Å². The molecule has 1 rings (SSSR count). The van der Waals surface area contributed by atoms with Gasteiger partial charge in [0.15, 0.2) is 0 Å². The molecule has 0 aromatic rings. The molecule has 4 nitrogen and oxygen atoms in total. The lowest BCUT2D eigenvalue weighted by Gasteiger charge is -2.38. The third-order valence-corrected chi connectivity index (χ3v) is 4.04. The van der Waals surface area contributed by atoms with Gasteiger partial charge in [0.05, 0.1) is 6.54 Å². The summed E-state index contributed by atoms with van der Waals surface area (Å²) >= 11 is 0. The summed E-state index contributed by atoms with van der Waals surface area (Å²) in [5.41, 5.74) is 0. The van der Waals surface area contributed by atoms with Crippen molar-refractivity contribution in [1.29, 1.82) is 0 Å². The number of amides is 2. The maximum Gasteiger partial charge on any atom is 0.245 e. The first-order chi connectivity index (χ1) is 8.73. The molecule has 0 saturated carbocycles. The molecule has 1 N–H and O–H groups in total. The van der Waals surface area contributed by atoms with Crippen LogP contribution in [-0.4, -0.2) is 35.8 Å². The van der Waals surface area contributed by atoms with Crippen molar-refractivity contribution in [2.24, 2.45) is 23.7 Å². The molecule has 19 heavy (non-hydrogen) atoms. The number of nitrogens with zero attached hydrogens (tertiary/aromatic N) is 1. The van der Waals surface area contributed by atoms with Crippen LogP contribution < -0.4 is 5.32 Å². The Labute approximate surface area is 116 Å². The van der Waals surface area contributed by atoms with E-state index in [1.54, 1.807) is 4.90 Å². The summed E-state index contributed by atoms with van der Waals surface area (Å²) in [5.74, 6) is 1.62. The van der Waals surface area contributed by atoms with E-state index in [4.69, 9.17) is 0 Å². The molecule has 1 aliphatic rings. The predicted octanol–water partition coefficient (Wildman–Crippen LogP) is 1.90. The number of carbonyl (C=O) groups excluding carboxylic acids is 2. The highest BCUT2D eigenvalue weighted by atomic mass is 16.2. The molecule has 1 aliphatic heterocycles. The van der Waals surface area contributed by atoms with Crippen molar-refractivity contribution in [3.63, 3.8) is 0 Å². The smallest absolute Gasteiger partial charge is 0.245 e. The second-order valence-corrected chi connectivity index (χ2v) is 6.66. The minimum absolute atomic E-state index is 0.0374. The van der Waals surface area contributed by atoms with Gasteiger partial charge in [0, 0.05) is 6.54 Å². The van der Waals surface area contributed by atoms with Crippen LogP contribution in [0.2, 0.25) is 0 Å². The van der Waals surface area contributed by atoms with Gasteiger partial charge in [-0.3, -0.25) is 9.59 Å². The number of hydrogen-bond donors (Lipinski definition) is 1. The van der Waals surface area contributed by atoms with Crippen molar-refractivity contribution in [2.75, 3.05) is 13.1 Å². The second kappa shape index (κ2) is 6.40. The quantitative estimate of drug-likeness (QED) is 0.828. The molecule has 4 heteroatoms.